The highest BCUT2D eigenvalue weighted by Crippen LogP contribution is 2.19. The van der Waals surface area contributed by atoms with E-state index in [2.05, 4.69) is 15.3 Å². The van der Waals surface area contributed by atoms with Gasteiger partial charge in [-0.3, -0.25) is 9.59 Å². The highest BCUT2D eigenvalue weighted by Gasteiger charge is 2.25. The summed E-state index contributed by atoms with van der Waals surface area (Å²) in [6, 6.07) is 11.9. The molecule has 0 unspecified atom stereocenters. The fraction of sp³-hybridized carbons (Fsp3) is 0.250. The molecule has 1 aliphatic heterocycles. The Morgan fingerprint density at radius 2 is 1.93 bits per heavy atom. The first kappa shape index (κ1) is 17.1. The van der Waals surface area contributed by atoms with Crippen molar-refractivity contribution in [3.05, 3.63) is 59.9 Å². The number of hydrogen-bond acceptors (Lipinski definition) is 4. The molecule has 0 radical (unpaired) electrons. The lowest BCUT2D eigenvalue weighted by Crippen LogP contribution is -2.46. The van der Waals surface area contributed by atoms with Crippen molar-refractivity contribution in [2.24, 2.45) is 0 Å². The van der Waals surface area contributed by atoms with Crippen LogP contribution < -0.4 is 5.32 Å². The molecule has 2 aromatic carbocycles. The molecule has 0 aliphatic carbocycles. The van der Waals surface area contributed by atoms with Crippen molar-refractivity contribution in [3.8, 4) is 5.75 Å². The summed E-state index contributed by atoms with van der Waals surface area (Å²) in [7, 11) is 0. The highest BCUT2D eigenvalue weighted by atomic mass is 16.3. The van der Waals surface area contributed by atoms with E-state index in [1.54, 1.807) is 35.5 Å². The summed E-state index contributed by atoms with van der Waals surface area (Å²) < 4.78 is 0. The predicted molar refractivity (Wildman–Crippen MR) is 101 cm³/mol. The van der Waals surface area contributed by atoms with Crippen LogP contribution in [0.1, 0.15) is 33.6 Å². The second kappa shape index (κ2) is 7.11. The number of hydrogen-bond donors (Lipinski definition) is 3. The smallest absolute Gasteiger partial charge is 0.255 e. The van der Waals surface area contributed by atoms with E-state index >= 15 is 0 Å². The summed E-state index contributed by atoms with van der Waals surface area (Å²) in [5.74, 6) is -0.337. The van der Waals surface area contributed by atoms with Gasteiger partial charge in [0.2, 0.25) is 0 Å². The first-order valence-electron chi connectivity index (χ1n) is 8.93. The number of fused-ring (bicyclic) bond motifs is 1. The molecule has 2 heterocycles. The molecule has 7 heteroatoms. The van der Waals surface area contributed by atoms with Gasteiger partial charge in [0.05, 0.1) is 22.9 Å². The number of para-hydroxylation sites is 1. The zero-order valence-electron chi connectivity index (χ0n) is 14.7. The van der Waals surface area contributed by atoms with Crippen molar-refractivity contribution in [1.29, 1.82) is 0 Å². The van der Waals surface area contributed by atoms with Crippen molar-refractivity contribution < 1.29 is 14.7 Å². The summed E-state index contributed by atoms with van der Waals surface area (Å²) in [6.45, 7) is 1.15. The maximum absolute atomic E-state index is 12.7. The molecule has 1 fully saturated rings. The van der Waals surface area contributed by atoms with Crippen molar-refractivity contribution in [2.75, 3.05) is 13.1 Å². The number of likely N-dealkylation sites (tertiary alicyclic amines) is 1. The quantitative estimate of drug-likeness (QED) is 0.664. The van der Waals surface area contributed by atoms with Gasteiger partial charge >= 0.3 is 0 Å². The summed E-state index contributed by atoms with van der Waals surface area (Å²) in [5, 5.41) is 12.7. The molecule has 0 bridgehead atoms. The Hall–Kier alpha value is -3.35. The first-order chi connectivity index (χ1) is 13.1. The number of benzene rings is 2. The van der Waals surface area contributed by atoms with Crippen molar-refractivity contribution in [1.82, 2.24) is 20.2 Å². The van der Waals surface area contributed by atoms with Crippen LogP contribution in [-0.2, 0) is 0 Å². The van der Waals surface area contributed by atoms with Crippen molar-refractivity contribution >= 4 is 22.8 Å². The number of carbonyl (C=O) groups excluding carboxylic acids is 2. The largest absolute Gasteiger partial charge is 0.507 e. The van der Waals surface area contributed by atoms with Crippen molar-refractivity contribution in [2.45, 2.75) is 18.9 Å². The van der Waals surface area contributed by atoms with E-state index < -0.39 is 0 Å². The minimum absolute atomic E-state index is 0.0167. The van der Waals surface area contributed by atoms with Gasteiger partial charge in [0.15, 0.2) is 0 Å². The zero-order valence-corrected chi connectivity index (χ0v) is 14.7. The molecule has 0 atom stereocenters. The van der Waals surface area contributed by atoms with Gasteiger partial charge in [-0.2, -0.15) is 0 Å². The minimum Gasteiger partial charge on any atom is -0.507 e. The van der Waals surface area contributed by atoms with Crippen LogP contribution >= 0.6 is 0 Å². The molecular formula is C20H20N4O3. The third-order valence-corrected chi connectivity index (χ3v) is 4.93. The molecule has 4 rings (SSSR count). The fourth-order valence-corrected chi connectivity index (χ4v) is 3.41. The van der Waals surface area contributed by atoms with Gasteiger partial charge in [0, 0.05) is 24.7 Å². The van der Waals surface area contributed by atoms with Crippen LogP contribution in [0, 0.1) is 0 Å². The summed E-state index contributed by atoms with van der Waals surface area (Å²) >= 11 is 0. The maximum atomic E-state index is 12.7. The molecular weight excluding hydrogens is 344 g/mol. The van der Waals surface area contributed by atoms with Crippen LogP contribution in [0.3, 0.4) is 0 Å². The fourth-order valence-electron chi connectivity index (χ4n) is 3.41. The number of carbonyl (C=O) groups is 2. The molecule has 1 saturated heterocycles. The lowest BCUT2D eigenvalue weighted by molar-refractivity contribution is 0.0698. The van der Waals surface area contributed by atoms with E-state index in [4.69, 9.17) is 0 Å². The van der Waals surface area contributed by atoms with Gasteiger partial charge in [0.1, 0.15) is 5.75 Å². The Bertz CT molecular complexity index is 990. The van der Waals surface area contributed by atoms with Gasteiger partial charge in [-0.15, -0.1) is 0 Å². The topological polar surface area (TPSA) is 98.3 Å². The molecule has 0 saturated carbocycles. The number of piperidine rings is 1. The number of phenolic OH excluding ortho intramolecular Hbond substituents is 1. The Morgan fingerprint density at radius 3 is 2.70 bits per heavy atom. The molecule has 0 spiro atoms. The van der Waals surface area contributed by atoms with E-state index in [0.29, 0.717) is 31.5 Å². The van der Waals surface area contributed by atoms with E-state index in [1.165, 1.54) is 6.07 Å². The molecule has 1 aliphatic rings. The predicted octanol–water partition coefficient (Wildman–Crippen LogP) is 2.30. The Labute approximate surface area is 156 Å². The standard InChI is InChI=1S/C20H20N4O3/c25-18-4-2-1-3-15(18)19(26)23-14-7-9-24(10-8-14)20(27)13-5-6-16-17(11-13)22-12-21-16/h1-6,11-12,14,25H,7-10H2,(H,21,22)(H,23,26). The SMILES string of the molecule is O=C(NC1CCN(C(=O)c2ccc3nc[nH]c3c2)CC1)c1ccccc1O. The summed E-state index contributed by atoms with van der Waals surface area (Å²) in [4.78, 5) is 34.0. The molecule has 3 N–H and O–H groups in total. The Balaban J connectivity index is 1.36. The van der Waals surface area contributed by atoms with Crippen LogP contribution in [-0.4, -0.2) is 50.9 Å². The number of aromatic nitrogens is 2. The normalized spacial score (nSPS) is 15.0. The number of imidazole rings is 1. The van der Waals surface area contributed by atoms with E-state index in [1.807, 2.05) is 12.1 Å². The van der Waals surface area contributed by atoms with Crippen LogP contribution in [0.4, 0.5) is 0 Å². The molecule has 7 nitrogen and oxygen atoms in total. The summed E-state index contributed by atoms with van der Waals surface area (Å²) in [6.07, 6.45) is 2.96. The van der Waals surface area contributed by atoms with E-state index in [0.717, 1.165) is 11.0 Å². The van der Waals surface area contributed by atoms with Gasteiger partial charge in [0.25, 0.3) is 11.8 Å². The second-order valence-electron chi connectivity index (χ2n) is 6.69. The Morgan fingerprint density at radius 1 is 1.15 bits per heavy atom. The number of H-pyrrole nitrogens is 1. The average molecular weight is 364 g/mol. The summed E-state index contributed by atoms with van der Waals surface area (Å²) in [5.41, 5.74) is 2.56. The third kappa shape index (κ3) is 3.48. The maximum Gasteiger partial charge on any atom is 0.255 e. The first-order valence-corrected chi connectivity index (χ1v) is 8.93. The third-order valence-electron chi connectivity index (χ3n) is 4.93. The number of aromatic hydroxyl groups is 1. The number of amides is 2. The zero-order chi connectivity index (χ0) is 18.8. The molecule has 138 valence electrons. The monoisotopic (exact) mass is 364 g/mol. The van der Waals surface area contributed by atoms with E-state index in [9.17, 15) is 14.7 Å². The van der Waals surface area contributed by atoms with Gasteiger partial charge in [-0.1, -0.05) is 12.1 Å². The molecule has 2 amide bonds. The highest BCUT2D eigenvalue weighted by molar-refractivity contribution is 5.98. The number of nitrogens with one attached hydrogen (secondary N) is 2. The van der Waals surface area contributed by atoms with Crippen LogP contribution in [0.15, 0.2) is 48.8 Å². The number of aromatic amines is 1. The van der Waals surface area contributed by atoms with Gasteiger partial charge in [-0.25, -0.2) is 4.98 Å². The van der Waals surface area contributed by atoms with Gasteiger partial charge in [-0.05, 0) is 43.2 Å². The van der Waals surface area contributed by atoms with Crippen LogP contribution in [0.5, 0.6) is 5.75 Å². The molecule has 3 aromatic rings. The minimum atomic E-state index is -0.289. The van der Waals surface area contributed by atoms with Crippen LogP contribution in [0.25, 0.3) is 11.0 Å². The van der Waals surface area contributed by atoms with Gasteiger partial charge < -0.3 is 20.3 Å². The Kier molecular flexibility index (Phi) is 4.50. The lowest BCUT2D eigenvalue weighted by atomic mass is 10.0. The number of rotatable bonds is 3. The number of phenols is 1. The van der Waals surface area contributed by atoms with Crippen molar-refractivity contribution in [3.63, 3.8) is 0 Å². The second-order valence-corrected chi connectivity index (χ2v) is 6.69. The molecule has 1 aromatic heterocycles. The van der Waals surface area contributed by atoms with Crippen LogP contribution in [0.2, 0.25) is 0 Å². The lowest BCUT2D eigenvalue weighted by Gasteiger charge is -2.32. The molecule has 27 heavy (non-hydrogen) atoms. The number of nitrogens with zero attached hydrogens (tertiary/aromatic N) is 2. The van der Waals surface area contributed by atoms with E-state index in [-0.39, 0.29) is 29.2 Å². The average Bonchev–Trinajstić information content (AvgIpc) is 3.16.